The Morgan fingerprint density at radius 2 is 2.33 bits per heavy atom. The minimum Gasteiger partial charge on any atom is -0.368 e. The van der Waals surface area contributed by atoms with Gasteiger partial charge in [-0.15, -0.1) is 0 Å². The van der Waals surface area contributed by atoms with Crippen LogP contribution < -0.4 is 4.90 Å². The summed E-state index contributed by atoms with van der Waals surface area (Å²) in [4.78, 5) is 6.48. The summed E-state index contributed by atoms with van der Waals surface area (Å²) in [6, 6.07) is 4.66. The Labute approximate surface area is 96.3 Å². The zero-order chi connectivity index (χ0) is 10.8. The summed E-state index contributed by atoms with van der Waals surface area (Å²) in [5, 5.41) is 0.585. The van der Waals surface area contributed by atoms with Crippen LogP contribution in [0.25, 0.3) is 0 Å². The van der Waals surface area contributed by atoms with Gasteiger partial charge in [0, 0.05) is 24.5 Å². The van der Waals surface area contributed by atoms with Crippen LogP contribution >= 0.6 is 11.6 Å². The topological polar surface area (TPSA) is 16.1 Å². The van der Waals surface area contributed by atoms with Crippen molar-refractivity contribution >= 4 is 17.3 Å². The van der Waals surface area contributed by atoms with E-state index in [0.717, 1.165) is 6.54 Å². The third-order valence-corrected chi connectivity index (χ3v) is 3.32. The second kappa shape index (κ2) is 4.40. The lowest BCUT2D eigenvalue weighted by atomic mass is 10.0. The maximum atomic E-state index is 5.91. The van der Waals surface area contributed by atoms with Gasteiger partial charge in [-0.3, -0.25) is 0 Å². The SMILES string of the molecule is CC(C)C1CCCN1c1ccnc(Cl)c1. The Hall–Kier alpha value is -0.760. The van der Waals surface area contributed by atoms with Crippen molar-refractivity contribution in [3.63, 3.8) is 0 Å². The molecule has 0 aliphatic carbocycles. The van der Waals surface area contributed by atoms with Gasteiger partial charge in [0.05, 0.1) is 0 Å². The van der Waals surface area contributed by atoms with Gasteiger partial charge < -0.3 is 4.90 Å². The number of pyridine rings is 1. The summed E-state index contributed by atoms with van der Waals surface area (Å²) >= 11 is 5.91. The van der Waals surface area contributed by atoms with Gasteiger partial charge in [-0.2, -0.15) is 0 Å². The number of halogens is 1. The monoisotopic (exact) mass is 224 g/mol. The molecule has 1 fully saturated rings. The zero-order valence-corrected chi connectivity index (χ0v) is 10.0. The lowest BCUT2D eigenvalue weighted by Crippen LogP contribution is -2.33. The molecular formula is C12H17ClN2. The molecule has 3 heteroatoms. The van der Waals surface area contributed by atoms with Crippen LogP contribution in [0.4, 0.5) is 5.69 Å². The van der Waals surface area contributed by atoms with Crippen LogP contribution in [0.1, 0.15) is 26.7 Å². The Bertz CT molecular complexity index is 338. The molecule has 1 saturated heterocycles. The highest BCUT2D eigenvalue weighted by Crippen LogP contribution is 2.30. The standard InChI is InChI=1S/C12H17ClN2/c1-9(2)11-4-3-7-15(11)10-5-6-14-12(13)8-10/h5-6,8-9,11H,3-4,7H2,1-2H3. The summed E-state index contributed by atoms with van der Waals surface area (Å²) in [5.74, 6) is 0.694. The van der Waals surface area contributed by atoms with E-state index in [1.165, 1.54) is 18.5 Å². The minimum atomic E-state index is 0.585. The quantitative estimate of drug-likeness (QED) is 0.717. The number of anilines is 1. The van der Waals surface area contributed by atoms with Gasteiger partial charge in [-0.25, -0.2) is 4.98 Å². The van der Waals surface area contributed by atoms with Gasteiger partial charge >= 0.3 is 0 Å². The summed E-state index contributed by atoms with van der Waals surface area (Å²) < 4.78 is 0. The predicted molar refractivity (Wildman–Crippen MR) is 64.5 cm³/mol. The van der Waals surface area contributed by atoms with Crippen LogP contribution in [-0.2, 0) is 0 Å². The van der Waals surface area contributed by atoms with Gasteiger partial charge in [-0.05, 0) is 30.9 Å². The summed E-state index contributed by atoms with van der Waals surface area (Å²) in [7, 11) is 0. The highest BCUT2D eigenvalue weighted by molar-refractivity contribution is 6.29. The summed E-state index contributed by atoms with van der Waals surface area (Å²) in [5.41, 5.74) is 1.21. The second-order valence-electron chi connectivity index (χ2n) is 4.48. The smallest absolute Gasteiger partial charge is 0.131 e. The molecule has 15 heavy (non-hydrogen) atoms. The first kappa shape index (κ1) is 10.7. The molecule has 2 nitrogen and oxygen atoms in total. The summed E-state index contributed by atoms with van der Waals surface area (Å²) in [6.07, 6.45) is 4.35. The van der Waals surface area contributed by atoms with Crippen LogP contribution in [0.3, 0.4) is 0 Å². The van der Waals surface area contributed by atoms with Crippen molar-refractivity contribution < 1.29 is 0 Å². The van der Waals surface area contributed by atoms with E-state index in [4.69, 9.17) is 11.6 Å². The van der Waals surface area contributed by atoms with Crippen molar-refractivity contribution in [1.29, 1.82) is 0 Å². The second-order valence-corrected chi connectivity index (χ2v) is 4.87. The first-order valence-electron chi connectivity index (χ1n) is 5.56. The van der Waals surface area contributed by atoms with Crippen molar-refractivity contribution in [2.75, 3.05) is 11.4 Å². The highest BCUT2D eigenvalue weighted by atomic mass is 35.5. The molecule has 0 amide bonds. The fourth-order valence-electron chi connectivity index (χ4n) is 2.38. The van der Waals surface area contributed by atoms with E-state index < -0.39 is 0 Å². The average Bonchev–Trinajstić information content (AvgIpc) is 2.65. The van der Waals surface area contributed by atoms with Crippen molar-refractivity contribution in [3.05, 3.63) is 23.5 Å². The Morgan fingerprint density at radius 1 is 1.53 bits per heavy atom. The fraction of sp³-hybridized carbons (Fsp3) is 0.583. The van der Waals surface area contributed by atoms with Crippen LogP contribution in [0, 0.1) is 5.92 Å². The number of hydrogen-bond donors (Lipinski definition) is 0. The van der Waals surface area contributed by atoms with Gasteiger partial charge in [0.1, 0.15) is 5.15 Å². The number of hydrogen-bond acceptors (Lipinski definition) is 2. The van der Waals surface area contributed by atoms with E-state index in [-0.39, 0.29) is 0 Å². The van der Waals surface area contributed by atoms with Gasteiger partial charge in [0.25, 0.3) is 0 Å². The third-order valence-electron chi connectivity index (χ3n) is 3.11. The van der Waals surface area contributed by atoms with E-state index >= 15 is 0 Å². The van der Waals surface area contributed by atoms with Crippen LogP contribution in [-0.4, -0.2) is 17.6 Å². The molecule has 1 aliphatic heterocycles. The first-order chi connectivity index (χ1) is 7.18. The molecule has 0 N–H and O–H groups in total. The van der Waals surface area contributed by atoms with E-state index in [1.54, 1.807) is 6.20 Å². The third kappa shape index (κ3) is 2.25. The normalized spacial score (nSPS) is 21.3. The van der Waals surface area contributed by atoms with E-state index in [0.29, 0.717) is 17.1 Å². The Morgan fingerprint density at radius 3 is 3.00 bits per heavy atom. The largest absolute Gasteiger partial charge is 0.368 e. The van der Waals surface area contributed by atoms with Crippen molar-refractivity contribution in [3.8, 4) is 0 Å². The van der Waals surface area contributed by atoms with Crippen LogP contribution in [0.2, 0.25) is 5.15 Å². The zero-order valence-electron chi connectivity index (χ0n) is 9.28. The molecule has 0 saturated carbocycles. The van der Waals surface area contributed by atoms with Crippen molar-refractivity contribution in [2.45, 2.75) is 32.7 Å². The molecule has 1 aliphatic rings. The van der Waals surface area contributed by atoms with Crippen molar-refractivity contribution in [1.82, 2.24) is 4.98 Å². The molecule has 0 aromatic carbocycles. The molecule has 1 atom stereocenters. The number of aromatic nitrogens is 1. The molecule has 1 aromatic rings. The Kier molecular flexibility index (Phi) is 3.15. The lowest BCUT2D eigenvalue weighted by Gasteiger charge is -2.29. The number of rotatable bonds is 2. The minimum absolute atomic E-state index is 0.585. The molecule has 0 bridgehead atoms. The maximum Gasteiger partial charge on any atom is 0.131 e. The fourth-order valence-corrected chi connectivity index (χ4v) is 2.55. The molecule has 0 spiro atoms. The van der Waals surface area contributed by atoms with Crippen molar-refractivity contribution in [2.24, 2.45) is 5.92 Å². The van der Waals surface area contributed by atoms with E-state index in [2.05, 4.69) is 23.7 Å². The molecule has 1 unspecified atom stereocenters. The lowest BCUT2D eigenvalue weighted by molar-refractivity contribution is 0.492. The molecule has 82 valence electrons. The van der Waals surface area contributed by atoms with Crippen LogP contribution in [0.15, 0.2) is 18.3 Å². The highest BCUT2D eigenvalue weighted by Gasteiger charge is 2.27. The first-order valence-corrected chi connectivity index (χ1v) is 5.94. The molecule has 2 rings (SSSR count). The van der Waals surface area contributed by atoms with E-state index in [1.807, 2.05) is 12.1 Å². The predicted octanol–water partition coefficient (Wildman–Crippen LogP) is 3.36. The number of nitrogens with zero attached hydrogens (tertiary/aromatic N) is 2. The molecule has 0 radical (unpaired) electrons. The van der Waals surface area contributed by atoms with Gasteiger partial charge in [0.2, 0.25) is 0 Å². The molecular weight excluding hydrogens is 208 g/mol. The van der Waals surface area contributed by atoms with Crippen LogP contribution in [0.5, 0.6) is 0 Å². The Balaban J connectivity index is 2.22. The molecule has 2 heterocycles. The molecule has 1 aromatic heterocycles. The summed E-state index contributed by atoms with van der Waals surface area (Å²) in [6.45, 7) is 5.71. The van der Waals surface area contributed by atoms with Gasteiger partial charge in [0.15, 0.2) is 0 Å². The van der Waals surface area contributed by atoms with E-state index in [9.17, 15) is 0 Å². The maximum absolute atomic E-state index is 5.91. The average molecular weight is 225 g/mol. The van der Waals surface area contributed by atoms with Gasteiger partial charge in [-0.1, -0.05) is 25.4 Å².